The van der Waals surface area contributed by atoms with E-state index in [-0.39, 0.29) is 5.56 Å². The van der Waals surface area contributed by atoms with E-state index < -0.39 is 0 Å². The maximum atomic E-state index is 12.3. The Morgan fingerprint density at radius 1 is 1.43 bits per heavy atom. The third kappa shape index (κ3) is 3.33. The number of nitrogens with zero attached hydrogens (tertiary/aromatic N) is 2. The molecule has 4 nitrogen and oxygen atoms in total. The van der Waals surface area contributed by atoms with Crippen molar-refractivity contribution in [3.63, 3.8) is 0 Å². The molecule has 0 bridgehead atoms. The van der Waals surface area contributed by atoms with E-state index in [1.807, 2.05) is 0 Å². The van der Waals surface area contributed by atoms with Crippen molar-refractivity contribution in [2.45, 2.75) is 58.4 Å². The lowest BCUT2D eigenvalue weighted by atomic mass is 9.83. The number of nitrogens with one attached hydrogen (secondary N) is 1. The van der Waals surface area contributed by atoms with Crippen molar-refractivity contribution < 1.29 is 0 Å². The number of aromatic nitrogens is 2. The molecule has 1 aromatic rings. The van der Waals surface area contributed by atoms with Crippen LogP contribution in [0, 0.1) is 11.3 Å². The van der Waals surface area contributed by atoms with Crippen LogP contribution in [0.1, 0.15) is 51.9 Å². The molecule has 0 radical (unpaired) electrons. The van der Waals surface area contributed by atoms with Crippen LogP contribution < -0.4 is 10.9 Å². The number of rotatable bonds is 6. The average Bonchev–Trinajstić information content (AvgIpc) is 3.19. The molecule has 1 aromatic heterocycles. The Morgan fingerprint density at radius 3 is 2.76 bits per heavy atom. The summed E-state index contributed by atoms with van der Waals surface area (Å²) in [6, 6.07) is 0. The van der Waals surface area contributed by atoms with Gasteiger partial charge in [0.25, 0.3) is 5.56 Å². The van der Waals surface area contributed by atoms with Crippen LogP contribution in [0.4, 0.5) is 5.69 Å². The van der Waals surface area contributed by atoms with E-state index in [0.717, 1.165) is 18.8 Å². The van der Waals surface area contributed by atoms with Gasteiger partial charge in [0.15, 0.2) is 0 Å². The minimum Gasteiger partial charge on any atom is -0.382 e. The molecule has 1 heterocycles. The largest absolute Gasteiger partial charge is 0.382 e. The van der Waals surface area contributed by atoms with Gasteiger partial charge >= 0.3 is 0 Å². The van der Waals surface area contributed by atoms with Crippen LogP contribution in [-0.4, -0.2) is 16.3 Å². The number of hydrogen-bond acceptors (Lipinski definition) is 3. The van der Waals surface area contributed by atoms with Gasteiger partial charge in [0.05, 0.1) is 11.9 Å². The monoisotopic (exact) mass is 353 g/mol. The zero-order valence-electron chi connectivity index (χ0n) is 12.7. The number of anilines is 1. The van der Waals surface area contributed by atoms with Crippen LogP contribution in [0.5, 0.6) is 0 Å². The fourth-order valence-corrected chi connectivity index (χ4v) is 3.77. The molecule has 0 unspecified atom stereocenters. The Hall–Kier alpha value is -0.840. The lowest BCUT2D eigenvalue weighted by molar-refractivity contribution is 0.306. The topological polar surface area (TPSA) is 46.9 Å². The van der Waals surface area contributed by atoms with Crippen LogP contribution in [0.3, 0.4) is 0 Å². The average molecular weight is 354 g/mol. The van der Waals surface area contributed by atoms with E-state index in [9.17, 15) is 4.79 Å². The summed E-state index contributed by atoms with van der Waals surface area (Å²) >= 11 is 3.45. The molecule has 5 heteroatoms. The Labute approximate surface area is 134 Å². The first-order valence-electron chi connectivity index (χ1n) is 8.13. The van der Waals surface area contributed by atoms with Gasteiger partial charge in [-0.25, -0.2) is 4.68 Å². The highest BCUT2D eigenvalue weighted by Crippen LogP contribution is 2.41. The molecule has 0 aliphatic heterocycles. The molecule has 0 aromatic carbocycles. The van der Waals surface area contributed by atoms with Crippen molar-refractivity contribution in [2.24, 2.45) is 11.3 Å². The van der Waals surface area contributed by atoms with Gasteiger partial charge < -0.3 is 5.32 Å². The summed E-state index contributed by atoms with van der Waals surface area (Å²) in [7, 11) is 0. The quantitative estimate of drug-likeness (QED) is 0.845. The SMILES string of the molecule is CCC1(CNc2cnn(CC3CC3)c(=O)c2Br)CCCC1. The predicted octanol–water partition coefficient (Wildman–Crippen LogP) is 3.80. The molecule has 2 aliphatic rings. The summed E-state index contributed by atoms with van der Waals surface area (Å²) in [6.45, 7) is 3.97. The van der Waals surface area contributed by atoms with Gasteiger partial charge in [0.2, 0.25) is 0 Å². The van der Waals surface area contributed by atoms with Crippen molar-refractivity contribution in [3.8, 4) is 0 Å². The predicted molar refractivity (Wildman–Crippen MR) is 88.6 cm³/mol. The zero-order chi connectivity index (χ0) is 14.9. The highest BCUT2D eigenvalue weighted by Gasteiger charge is 2.32. The van der Waals surface area contributed by atoms with E-state index >= 15 is 0 Å². The first-order chi connectivity index (χ1) is 10.1. The van der Waals surface area contributed by atoms with Crippen molar-refractivity contribution in [2.75, 3.05) is 11.9 Å². The smallest absolute Gasteiger partial charge is 0.283 e. The van der Waals surface area contributed by atoms with Crippen molar-refractivity contribution in [1.82, 2.24) is 9.78 Å². The first kappa shape index (κ1) is 15.1. The minimum absolute atomic E-state index is 0.0103. The molecule has 0 amide bonds. The minimum atomic E-state index is -0.0103. The molecule has 0 spiro atoms. The molecule has 2 fully saturated rings. The molecule has 0 saturated heterocycles. The van der Waals surface area contributed by atoms with E-state index in [1.165, 1.54) is 44.9 Å². The lowest BCUT2D eigenvalue weighted by Gasteiger charge is -2.28. The Kier molecular flexibility index (Phi) is 4.38. The fraction of sp³-hybridized carbons (Fsp3) is 0.750. The van der Waals surface area contributed by atoms with Gasteiger partial charge in [0, 0.05) is 13.1 Å². The highest BCUT2D eigenvalue weighted by molar-refractivity contribution is 9.10. The van der Waals surface area contributed by atoms with Gasteiger partial charge in [-0.1, -0.05) is 19.8 Å². The summed E-state index contributed by atoms with van der Waals surface area (Å²) in [5, 5.41) is 7.79. The Morgan fingerprint density at radius 2 is 2.14 bits per heavy atom. The second-order valence-corrected chi connectivity index (χ2v) is 7.51. The van der Waals surface area contributed by atoms with E-state index in [2.05, 4.69) is 33.3 Å². The molecule has 0 atom stereocenters. The second kappa shape index (κ2) is 6.11. The molecular formula is C16H24BrN3O. The van der Waals surface area contributed by atoms with Gasteiger partial charge in [0.1, 0.15) is 4.47 Å². The molecule has 21 heavy (non-hydrogen) atoms. The van der Waals surface area contributed by atoms with E-state index in [0.29, 0.717) is 15.8 Å². The van der Waals surface area contributed by atoms with Gasteiger partial charge in [-0.2, -0.15) is 5.10 Å². The van der Waals surface area contributed by atoms with Gasteiger partial charge in [-0.3, -0.25) is 4.79 Å². The second-order valence-electron chi connectivity index (χ2n) is 6.72. The standard InChI is InChI=1S/C16H24BrN3O/c1-2-16(7-3-4-8-16)11-18-13-9-19-20(10-12-5-6-12)15(21)14(13)17/h9,12,18H,2-8,10-11H2,1H3. The van der Waals surface area contributed by atoms with Crippen molar-refractivity contribution in [3.05, 3.63) is 21.0 Å². The van der Waals surface area contributed by atoms with E-state index in [1.54, 1.807) is 10.9 Å². The lowest BCUT2D eigenvalue weighted by Crippen LogP contribution is -2.29. The first-order valence-corrected chi connectivity index (χ1v) is 8.92. The van der Waals surface area contributed by atoms with Gasteiger partial charge in [-0.05, 0) is 59.4 Å². The normalized spacial score (nSPS) is 20.7. The maximum Gasteiger partial charge on any atom is 0.283 e. The fourth-order valence-electron chi connectivity index (χ4n) is 3.33. The molecule has 2 aliphatic carbocycles. The zero-order valence-corrected chi connectivity index (χ0v) is 14.3. The third-order valence-electron chi connectivity index (χ3n) is 5.18. The van der Waals surface area contributed by atoms with Crippen LogP contribution >= 0.6 is 15.9 Å². The molecule has 1 N–H and O–H groups in total. The maximum absolute atomic E-state index is 12.3. The number of halogens is 1. The van der Waals surface area contributed by atoms with E-state index in [4.69, 9.17) is 0 Å². The van der Waals surface area contributed by atoms with Crippen LogP contribution in [0.15, 0.2) is 15.5 Å². The van der Waals surface area contributed by atoms with Crippen LogP contribution in [0.25, 0.3) is 0 Å². The van der Waals surface area contributed by atoms with Crippen molar-refractivity contribution >= 4 is 21.6 Å². The molecule has 2 saturated carbocycles. The van der Waals surface area contributed by atoms with Crippen molar-refractivity contribution in [1.29, 1.82) is 0 Å². The van der Waals surface area contributed by atoms with Crippen LogP contribution in [-0.2, 0) is 6.54 Å². The third-order valence-corrected chi connectivity index (χ3v) is 5.95. The summed E-state index contributed by atoms with van der Waals surface area (Å²) < 4.78 is 2.22. The summed E-state index contributed by atoms with van der Waals surface area (Å²) in [5.74, 6) is 0.655. The highest BCUT2D eigenvalue weighted by atomic mass is 79.9. The molecule has 3 rings (SSSR count). The summed E-state index contributed by atoms with van der Waals surface area (Å²) in [6.07, 6.45) is 10.7. The Balaban J connectivity index is 1.70. The summed E-state index contributed by atoms with van der Waals surface area (Å²) in [5.41, 5.74) is 1.23. The summed E-state index contributed by atoms with van der Waals surface area (Å²) in [4.78, 5) is 12.3. The van der Waals surface area contributed by atoms with Gasteiger partial charge in [-0.15, -0.1) is 0 Å². The molecular weight excluding hydrogens is 330 g/mol. The Bertz CT molecular complexity index is 559. The number of hydrogen-bond donors (Lipinski definition) is 1. The molecule has 116 valence electrons. The van der Waals surface area contributed by atoms with Crippen LogP contribution in [0.2, 0.25) is 0 Å².